The Morgan fingerprint density at radius 3 is 2.53 bits per heavy atom. The van der Waals surface area contributed by atoms with Crippen LogP contribution in [0.2, 0.25) is 10.0 Å². The molecule has 1 heterocycles. The van der Waals surface area contributed by atoms with Crippen LogP contribution in [0.3, 0.4) is 0 Å². The summed E-state index contributed by atoms with van der Waals surface area (Å²) in [5, 5.41) is 0.950. The lowest BCUT2D eigenvalue weighted by molar-refractivity contribution is 0.625. The lowest BCUT2D eigenvalue weighted by atomic mass is 10.1. The average molecular weight is 242 g/mol. The van der Waals surface area contributed by atoms with E-state index in [0.29, 0.717) is 21.2 Å². The van der Waals surface area contributed by atoms with Crippen molar-refractivity contribution in [3.8, 4) is 11.1 Å². The van der Waals surface area contributed by atoms with Crippen molar-refractivity contribution < 1.29 is 4.39 Å². The molecular weight excluding hydrogens is 236 g/mol. The molecule has 15 heavy (non-hydrogen) atoms. The summed E-state index contributed by atoms with van der Waals surface area (Å²) in [5.41, 5.74) is 1.03. The minimum Gasteiger partial charge on any atom is -0.262 e. The summed E-state index contributed by atoms with van der Waals surface area (Å²) in [5.74, 6) is -0.401. The number of aromatic nitrogens is 1. The highest BCUT2D eigenvalue weighted by Gasteiger charge is 2.08. The first-order valence-corrected chi connectivity index (χ1v) is 4.99. The molecule has 1 nitrogen and oxygen atoms in total. The minimum absolute atomic E-state index is 0.401. The Morgan fingerprint density at radius 2 is 1.87 bits per heavy atom. The van der Waals surface area contributed by atoms with Crippen LogP contribution < -0.4 is 0 Å². The molecule has 0 amide bonds. The zero-order chi connectivity index (χ0) is 10.8. The van der Waals surface area contributed by atoms with Crippen LogP contribution in [0.5, 0.6) is 0 Å². The van der Waals surface area contributed by atoms with Crippen LogP contribution in [0.25, 0.3) is 11.1 Å². The molecule has 0 bridgehead atoms. The van der Waals surface area contributed by atoms with Crippen LogP contribution in [0.4, 0.5) is 4.39 Å². The zero-order valence-electron chi connectivity index (χ0n) is 7.55. The molecule has 0 saturated carbocycles. The summed E-state index contributed by atoms with van der Waals surface area (Å²) in [7, 11) is 0. The Morgan fingerprint density at radius 1 is 1.07 bits per heavy atom. The molecule has 1 aromatic carbocycles. The van der Waals surface area contributed by atoms with Crippen LogP contribution in [-0.4, -0.2) is 4.98 Å². The maximum absolute atomic E-state index is 13.4. The molecule has 4 heteroatoms. The van der Waals surface area contributed by atoms with Crippen molar-refractivity contribution in [3.63, 3.8) is 0 Å². The topological polar surface area (TPSA) is 12.9 Å². The van der Waals surface area contributed by atoms with Crippen molar-refractivity contribution >= 4 is 23.2 Å². The number of pyridine rings is 1. The standard InChI is InChI=1S/C11H6Cl2FN/c12-7-1-2-8(10(13)5-7)9-3-4-15-6-11(9)14/h1-6H. The molecule has 0 fully saturated rings. The Bertz CT molecular complexity index is 500. The van der Waals surface area contributed by atoms with Crippen LogP contribution >= 0.6 is 23.2 Å². The highest BCUT2D eigenvalue weighted by Crippen LogP contribution is 2.31. The first-order valence-electron chi connectivity index (χ1n) is 4.23. The fourth-order valence-electron chi connectivity index (χ4n) is 1.30. The number of hydrogen-bond donors (Lipinski definition) is 0. The maximum Gasteiger partial charge on any atom is 0.149 e. The molecule has 0 N–H and O–H groups in total. The number of halogens is 3. The van der Waals surface area contributed by atoms with Gasteiger partial charge in [-0.3, -0.25) is 4.98 Å². The molecule has 0 atom stereocenters. The smallest absolute Gasteiger partial charge is 0.149 e. The van der Waals surface area contributed by atoms with E-state index in [1.807, 2.05) is 0 Å². The summed E-state index contributed by atoms with van der Waals surface area (Å²) < 4.78 is 13.4. The van der Waals surface area contributed by atoms with E-state index < -0.39 is 5.82 Å². The van der Waals surface area contributed by atoms with Gasteiger partial charge in [0, 0.05) is 27.4 Å². The number of nitrogens with zero attached hydrogens (tertiary/aromatic N) is 1. The van der Waals surface area contributed by atoms with Crippen molar-refractivity contribution in [1.82, 2.24) is 4.98 Å². The van der Waals surface area contributed by atoms with E-state index in [2.05, 4.69) is 4.98 Å². The van der Waals surface area contributed by atoms with Gasteiger partial charge in [0.05, 0.1) is 6.20 Å². The van der Waals surface area contributed by atoms with E-state index in [9.17, 15) is 4.39 Å². The zero-order valence-corrected chi connectivity index (χ0v) is 9.06. The van der Waals surface area contributed by atoms with Gasteiger partial charge >= 0.3 is 0 Å². The maximum atomic E-state index is 13.4. The molecule has 2 aromatic rings. The first-order chi connectivity index (χ1) is 7.18. The molecule has 0 radical (unpaired) electrons. The van der Waals surface area contributed by atoms with Crippen molar-refractivity contribution in [1.29, 1.82) is 0 Å². The SMILES string of the molecule is Fc1cnccc1-c1ccc(Cl)cc1Cl. The van der Waals surface area contributed by atoms with Gasteiger partial charge in [0.2, 0.25) is 0 Å². The summed E-state index contributed by atoms with van der Waals surface area (Å²) >= 11 is 11.7. The second kappa shape index (κ2) is 4.17. The summed E-state index contributed by atoms with van der Waals surface area (Å²) in [6, 6.07) is 6.51. The second-order valence-electron chi connectivity index (χ2n) is 2.98. The van der Waals surface area contributed by atoms with Gasteiger partial charge in [0.1, 0.15) is 5.82 Å². The highest BCUT2D eigenvalue weighted by molar-refractivity contribution is 6.36. The fraction of sp³-hybridized carbons (Fsp3) is 0. The van der Waals surface area contributed by atoms with E-state index in [1.165, 1.54) is 6.20 Å². The van der Waals surface area contributed by atoms with E-state index in [-0.39, 0.29) is 0 Å². The quantitative estimate of drug-likeness (QED) is 0.730. The van der Waals surface area contributed by atoms with Gasteiger partial charge in [-0.1, -0.05) is 29.3 Å². The predicted octanol–water partition coefficient (Wildman–Crippen LogP) is 4.19. The van der Waals surface area contributed by atoms with Gasteiger partial charge in [0.25, 0.3) is 0 Å². The highest BCUT2D eigenvalue weighted by atomic mass is 35.5. The number of hydrogen-bond acceptors (Lipinski definition) is 1. The Balaban J connectivity index is 2.60. The van der Waals surface area contributed by atoms with Crippen LogP contribution in [0, 0.1) is 5.82 Å². The van der Waals surface area contributed by atoms with E-state index in [0.717, 1.165) is 6.20 Å². The Hall–Kier alpha value is -1.12. The summed E-state index contributed by atoms with van der Waals surface area (Å²) in [6.45, 7) is 0. The average Bonchev–Trinajstić information content (AvgIpc) is 2.20. The number of benzene rings is 1. The molecule has 0 aliphatic heterocycles. The van der Waals surface area contributed by atoms with Crippen molar-refractivity contribution in [2.24, 2.45) is 0 Å². The first kappa shape index (κ1) is 10.4. The molecule has 76 valence electrons. The van der Waals surface area contributed by atoms with E-state index in [4.69, 9.17) is 23.2 Å². The monoisotopic (exact) mass is 241 g/mol. The van der Waals surface area contributed by atoms with Gasteiger partial charge in [-0.2, -0.15) is 0 Å². The van der Waals surface area contributed by atoms with Gasteiger partial charge in [0.15, 0.2) is 0 Å². The Kier molecular flexibility index (Phi) is 2.89. The van der Waals surface area contributed by atoms with Gasteiger partial charge < -0.3 is 0 Å². The second-order valence-corrected chi connectivity index (χ2v) is 3.82. The molecule has 1 aromatic heterocycles. The lowest BCUT2D eigenvalue weighted by Gasteiger charge is -2.05. The van der Waals surface area contributed by atoms with Crippen LogP contribution in [0.15, 0.2) is 36.7 Å². The largest absolute Gasteiger partial charge is 0.262 e. The van der Waals surface area contributed by atoms with Crippen molar-refractivity contribution in [3.05, 3.63) is 52.5 Å². The molecule has 0 saturated heterocycles. The summed E-state index contributed by atoms with van der Waals surface area (Å²) in [4.78, 5) is 3.67. The van der Waals surface area contributed by atoms with Gasteiger partial charge in [-0.25, -0.2) is 4.39 Å². The molecule has 0 aliphatic carbocycles. The van der Waals surface area contributed by atoms with E-state index >= 15 is 0 Å². The molecule has 0 spiro atoms. The predicted molar refractivity (Wildman–Crippen MR) is 59.7 cm³/mol. The van der Waals surface area contributed by atoms with Crippen molar-refractivity contribution in [2.45, 2.75) is 0 Å². The van der Waals surface area contributed by atoms with Gasteiger partial charge in [-0.15, -0.1) is 0 Å². The minimum atomic E-state index is -0.401. The van der Waals surface area contributed by atoms with Crippen LogP contribution in [-0.2, 0) is 0 Å². The van der Waals surface area contributed by atoms with Gasteiger partial charge in [-0.05, 0) is 18.2 Å². The normalized spacial score (nSPS) is 10.3. The lowest BCUT2D eigenvalue weighted by Crippen LogP contribution is -1.86. The molecule has 0 unspecified atom stereocenters. The molecular formula is C11H6Cl2FN. The summed E-state index contributed by atoms with van der Waals surface area (Å²) in [6.07, 6.45) is 2.67. The number of rotatable bonds is 1. The fourth-order valence-corrected chi connectivity index (χ4v) is 1.81. The van der Waals surface area contributed by atoms with E-state index in [1.54, 1.807) is 24.3 Å². The third-order valence-electron chi connectivity index (χ3n) is 1.99. The molecule has 2 rings (SSSR count). The van der Waals surface area contributed by atoms with Crippen LogP contribution in [0.1, 0.15) is 0 Å². The Labute approximate surface area is 96.5 Å². The molecule has 0 aliphatic rings. The third kappa shape index (κ3) is 2.11. The third-order valence-corrected chi connectivity index (χ3v) is 2.54. The van der Waals surface area contributed by atoms with Crippen molar-refractivity contribution in [2.75, 3.05) is 0 Å².